The average Bonchev–Trinajstić information content (AvgIpc) is 2.06. The van der Waals surface area contributed by atoms with Crippen LogP contribution in [0.25, 0.3) is 0 Å². The predicted molar refractivity (Wildman–Crippen MR) is 58.6 cm³/mol. The molecule has 1 N–H and O–H groups in total. The molecule has 0 radical (unpaired) electrons. The summed E-state index contributed by atoms with van der Waals surface area (Å²) in [4.78, 5) is 1.04. The second-order valence-corrected chi connectivity index (χ2v) is 4.88. The molecule has 13 heavy (non-hydrogen) atoms. The third-order valence-corrected chi connectivity index (χ3v) is 3.44. The number of benzene rings is 1. The maximum absolute atomic E-state index is 6.04. The molecule has 5 heteroatoms. The molecule has 0 amide bonds. The first kappa shape index (κ1) is 9.46. The Labute approximate surface area is 91.3 Å². The van der Waals surface area contributed by atoms with Crippen LogP contribution in [-0.4, -0.2) is 18.0 Å². The lowest BCUT2D eigenvalue weighted by molar-refractivity contribution is 0.601. The molecule has 0 spiro atoms. The van der Waals surface area contributed by atoms with Crippen LogP contribution in [0, 0.1) is 0 Å². The molecule has 2 nitrogen and oxygen atoms in total. The van der Waals surface area contributed by atoms with Crippen molar-refractivity contribution in [3.63, 3.8) is 0 Å². The number of fused-ring (bicyclic) bond motifs is 1. The Hall–Kier alpha value is -0.0900. The topological polar surface area (TPSA) is 15.3 Å². The highest BCUT2D eigenvalue weighted by molar-refractivity contribution is 7.97. The van der Waals surface area contributed by atoms with Crippen LogP contribution in [0.15, 0.2) is 17.0 Å². The van der Waals surface area contributed by atoms with Gasteiger partial charge < -0.3 is 5.32 Å². The van der Waals surface area contributed by atoms with Gasteiger partial charge in [-0.05, 0) is 31.1 Å². The number of nitrogens with zero attached hydrogens (tertiary/aromatic N) is 1. The Morgan fingerprint density at radius 3 is 3.00 bits per heavy atom. The molecule has 1 aliphatic rings. The number of nitrogens with one attached hydrogen (secondary N) is 1. The lowest BCUT2D eigenvalue weighted by atomic mass is 10.3. The third-order valence-electron chi connectivity index (χ3n) is 1.75. The standard InChI is InChI=1S/C8H8Cl2N2S/c1-12-4-11-7-3-5(9)2-6(10)8(7)13-12/h2-3,11H,4H2,1H3. The van der Waals surface area contributed by atoms with Crippen LogP contribution in [0.3, 0.4) is 0 Å². The van der Waals surface area contributed by atoms with Crippen molar-refractivity contribution in [3.8, 4) is 0 Å². The van der Waals surface area contributed by atoms with E-state index in [-0.39, 0.29) is 0 Å². The van der Waals surface area contributed by atoms with Gasteiger partial charge in [0.15, 0.2) is 0 Å². The molecule has 0 aliphatic carbocycles. The highest BCUT2D eigenvalue weighted by Gasteiger charge is 2.16. The number of halogens is 2. The van der Waals surface area contributed by atoms with Gasteiger partial charge in [0.2, 0.25) is 0 Å². The van der Waals surface area contributed by atoms with Gasteiger partial charge in [0.05, 0.1) is 22.3 Å². The zero-order chi connectivity index (χ0) is 9.42. The Morgan fingerprint density at radius 2 is 2.23 bits per heavy atom. The van der Waals surface area contributed by atoms with Crippen molar-refractivity contribution in [2.24, 2.45) is 0 Å². The van der Waals surface area contributed by atoms with Crippen LogP contribution in [0.5, 0.6) is 0 Å². The Balaban J connectivity index is 2.47. The average molecular weight is 235 g/mol. The van der Waals surface area contributed by atoms with Crippen molar-refractivity contribution in [2.75, 3.05) is 19.0 Å². The summed E-state index contributed by atoms with van der Waals surface area (Å²) in [5.41, 5.74) is 1.01. The predicted octanol–water partition coefficient (Wildman–Crippen LogP) is 3.32. The fourth-order valence-corrected chi connectivity index (χ4v) is 2.58. The molecule has 0 aromatic heterocycles. The van der Waals surface area contributed by atoms with Crippen LogP contribution in [-0.2, 0) is 0 Å². The van der Waals surface area contributed by atoms with E-state index in [4.69, 9.17) is 23.2 Å². The van der Waals surface area contributed by atoms with Gasteiger partial charge in [0.1, 0.15) is 0 Å². The van der Waals surface area contributed by atoms with E-state index < -0.39 is 0 Å². The fraction of sp³-hybridized carbons (Fsp3) is 0.250. The summed E-state index contributed by atoms with van der Waals surface area (Å²) in [6.07, 6.45) is 0. The highest BCUT2D eigenvalue weighted by Crippen LogP contribution is 2.40. The molecule has 0 unspecified atom stereocenters. The molecule has 1 heterocycles. The largest absolute Gasteiger partial charge is 0.370 e. The van der Waals surface area contributed by atoms with Gasteiger partial charge in [-0.1, -0.05) is 23.2 Å². The summed E-state index contributed by atoms with van der Waals surface area (Å²) in [5, 5.41) is 4.60. The van der Waals surface area contributed by atoms with E-state index in [1.807, 2.05) is 13.1 Å². The molecule has 0 bridgehead atoms. The third kappa shape index (κ3) is 1.89. The van der Waals surface area contributed by atoms with E-state index in [2.05, 4.69) is 9.62 Å². The van der Waals surface area contributed by atoms with Crippen LogP contribution >= 0.6 is 35.1 Å². The monoisotopic (exact) mass is 234 g/mol. The summed E-state index contributed by atoms with van der Waals surface area (Å²) in [6, 6.07) is 3.65. The van der Waals surface area contributed by atoms with E-state index in [0.717, 1.165) is 17.3 Å². The summed E-state index contributed by atoms with van der Waals surface area (Å²) in [7, 11) is 2.01. The van der Waals surface area contributed by atoms with Gasteiger partial charge in [0.25, 0.3) is 0 Å². The summed E-state index contributed by atoms with van der Waals surface area (Å²) < 4.78 is 2.07. The molecule has 70 valence electrons. The summed E-state index contributed by atoms with van der Waals surface area (Å²) in [5.74, 6) is 0. The first-order valence-corrected chi connectivity index (χ1v) is 5.32. The van der Waals surface area contributed by atoms with Gasteiger partial charge in [-0.15, -0.1) is 0 Å². The van der Waals surface area contributed by atoms with Crippen LogP contribution in [0.4, 0.5) is 5.69 Å². The molecule has 1 aliphatic heterocycles. The molecule has 1 aromatic carbocycles. The summed E-state index contributed by atoms with van der Waals surface area (Å²) >= 11 is 13.5. The maximum atomic E-state index is 6.04. The maximum Gasteiger partial charge on any atom is 0.0775 e. The molecule has 0 saturated carbocycles. The van der Waals surface area contributed by atoms with E-state index in [0.29, 0.717) is 10.0 Å². The second kappa shape index (κ2) is 3.58. The molecule has 0 saturated heterocycles. The van der Waals surface area contributed by atoms with Crippen molar-refractivity contribution >= 4 is 40.8 Å². The normalized spacial score (nSPS) is 16.5. The Kier molecular flexibility index (Phi) is 2.60. The summed E-state index contributed by atoms with van der Waals surface area (Å²) in [6.45, 7) is 0.800. The lowest BCUT2D eigenvalue weighted by Gasteiger charge is -2.26. The number of hydrogen-bond acceptors (Lipinski definition) is 3. The molecular formula is C8H8Cl2N2S. The molecule has 1 aromatic rings. The first-order chi connectivity index (χ1) is 6.16. The Bertz CT molecular complexity index is 343. The van der Waals surface area contributed by atoms with Crippen molar-refractivity contribution in [1.82, 2.24) is 4.31 Å². The van der Waals surface area contributed by atoms with E-state index in [9.17, 15) is 0 Å². The number of rotatable bonds is 0. The minimum Gasteiger partial charge on any atom is -0.370 e. The molecule has 0 atom stereocenters. The minimum absolute atomic E-state index is 0.668. The zero-order valence-electron chi connectivity index (χ0n) is 6.97. The van der Waals surface area contributed by atoms with Crippen LogP contribution in [0.2, 0.25) is 10.0 Å². The van der Waals surface area contributed by atoms with Gasteiger partial charge in [-0.2, -0.15) is 0 Å². The molecular weight excluding hydrogens is 227 g/mol. The zero-order valence-corrected chi connectivity index (χ0v) is 9.30. The lowest BCUT2D eigenvalue weighted by Crippen LogP contribution is -2.23. The van der Waals surface area contributed by atoms with E-state index in [1.54, 1.807) is 18.0 Å². The number of anilines is 1. The fourth-order valence-electron chi connectivity index (χ4n) is 1.17. The van der Waals surface area contributed by atoms with Gasteiger partial charge in [-0.25, -0.2) is 4.31 Å². The first-order valence-electron chi connectivity index (χ1n) is 3.79. The smallest absolute Gasteiger partial charge is 0.0775 e. The van der Waals surface area contributed by atoms with Gasteiger partial charge in [0, 0.05) is 5.02 Å². The Morgan fingerprint density at radius 1 is 1.46 bits per heavy atom. The molecule has 0 fully saturated rings. The minimum atomic E-state index is 0.668. The van der Waals surface area contributed by atoms with Crippen molar-refractivity contribution in [2.45, 2.75) is 4.90 Å². The van der Waals surface area contributed by atoms with Crippen molar-refractivity contribution < 1.29 is 0 Å². The van der Waals surface area contributed by atoms with E-state index >= 15 is 0 Å². The quantitative estimate of drug-likeness (QED) is 0.694. The van der Waals surface area contributed by atoms with Crippen molar-refractivity contribution in [3.05, 3.63) is 22.2 Å². The van der Waals surface area contributed by atoms with Crippen LogP contribution in [0.1, 0.15) is 0 Å². The van der Waals surface area contributed by atoms with E-state index in [1.165, 1.54) is 0 Å². The SMILES string of the molecule is CN1CNc2cc(Cl)cc(Cl)c2S1. The number of hydrogen-bond donors (Lipinski definition) is 1. The van der Waals surface area contributed by atoms with Crippen LogP contribution < -0.4 is 5.32 Å². The van der Waals surface area contributed by atoms with Gasteiger partial charge >= 0.3 is 0 Å². The van der Waals surface area contributed by atoms with Crippen molar-refractivity contribution in [1.29, 1.82) is 0 Å². The second-order valence-electron chi connectivity index (χ2n) is 2.82. The van der Waals surface area contributed by atoms with Gasteiger partial charge in [-0.3, -0.25) is 0 Å². The highest BCUT2D eigenvalue weighted by atomic mass is 35.5. The molecule has 2 rings (SSSR count).